The van der Waals surface area contributed by atoms with Crippen LogP contribution in [0.4, 0.5) is 17.6 Å². The first-order chi connectivity index (χ1) is 8.80. The van der Waals surface area contributed by atoms with Crippen molar-refractivity contribution in [2.24, 2.45) is 0 Å². The molecular formula is C11H5F4NO3. The zero-order valence-corrected chi connectivity index (χ0v) is 9.03. The molecule has 8 heteroatoms. The van der Waals surface area contributed by atoms with Crippen LogP contribution < -0.4 is 0 Å². The SMILES string of the molecule is O=C(O)c1cnoc1-c1cc(F)ccc1C(F)(F)F. The third-order valence-corrected chi connectivity index (χ3v) is 2.33. The number of nitrogens with zero attached hydrogens (tertiary/aromatic N) is 1. The van der Waals surface area contributed by atoms with Crippen LogP contribution in [-0.4, -0.2) is 16.2 Å². The Morgan fingerprint density at radius 1 is 1.32 bits per heavy atom. The standard InChI is InChI=1S/C11H5F4NO3/c12-5-1-2-8(11(13,14)15)6(3-5)9-7(10(17)18)4-16-19-9/h1-4H,(H,17,18). The third kappa shape index (κ3) is 2.42. The van der Waals surface area contributed by atoms with Crippen molar-refractivity contribution in [1.82, 2.24) is 5.16 Å². The van der Waals surface area contributed by atoms with Crippen LogP contribution >= 0.6 is 0 Å². The van der Waals surface area contributed by atoms with Gasteiger partial charge in [0.15, 0.2) is 5.76 Å². The van der Waals surface area contributed by atoms with Gasteiger partial charge in [0.1, 0.15) is 11.4 Å². The number of aromatic carboxylic acids is 1. The first-order valence-electron chi connectivity index (χ1n) is 4.86. The van der Waals surface area contributed by atoms with Crippen molar-refractivity contribution in [1.29, 1.82) is 0 Å². The molecule has 1 aromatic carbocycles. The molecule has 0 radical (unpaired) electrons. The highest BCUT2D eigenvalue weighted by Crippen LogP contribution is 2.38. The van der Waals surface area contributed by atoms with Crippen LogP contribution in [0.1, 0.15) is 15.9 Å². The highest BCUT2D eigenvalue weighted by molar-refractivity contribution is 5.94. The van der Waals surface area contributed by atoms with Gasteiger partial charge in [0.25, 0.3) is 0 Å². The minimum Gasteiger partial charge on any atom is -0.477 e. The lowest BCUT2D eigenvalue weighted by molar-refractivity contribution is -0.137. The Labute approximate surface area is 103 Å². The van der Waals surface area contributed by atoms with Crippen molar-refractivity contribution in [3.8, 4) is 11.3 Å². The van der Waals surface area contributed by atoms with Crippen molar-refractivity contribution >= 4 is 5.97 Å². The van der Waals surface area contributed by atoms with Crippen molar-refractivity contribution < 1.29 is 32.0 Å². The summed E-state index contributed by atoms with van der Waals surface area (Å²) in [6, 6.07) is 1.69. The molecule has 0 aliphatic carbocycles. The number of hydrogen-bond donors (Lipinski definition) is 1. The molecule has 1 aromatic heterocycles. The summed E-state index contributed by atoms with van der Waals surface area (Å²) in [5.74, 6) is -3.11. The second-order valence-corrected chi connectivity index (χ2v) is 3.56. The van der Waals surface area contributed by atoms with E-state index >= 15 is 0 Å². The molecule has 0 fully saturated rings. The topological polar surface area (TPSA) is 63.3 Å². The molecule has 1 heterocycles. The van der Waals surface area contributed by atoms with E-state index in [1.54, 1.807) is 0 Å². The van der Waals surface area contributed by atoms with Gasteiger partial charge in [-0.05, 0) is 18.2 Å². The van der Waals surface area contributed by atoms with E-state index < -0.39 is 40.4 Å². The van der Waals surface area contributed by atoms with Crippen LogP contribution in [0, 0.1) is 5.82 Å². The lowest BCUT2D eigenvalue weighted by Gasteiger charge is -2.11. The summed E-state index contributed by atoms with van der Waals surface area (Å²) in [5.41, 5.74) is -2.48. The van der Waals surface area contributed by atoms with Gasteiger partial charge >= 0.3 is 12.1 Å². The fourth-order valence-electron chi connectivity index (χ4n) is 1.54. The van der Waals surface area contributed by atoms with Crippen LogP contribution in [0.2, 0.25) is 0 Å². The van der Waals surface area contributed by atoms with Crippen LogP contribution in [0.3, 0.4) is 0 Å². The minimum atomic E-state index is -4.77. The molecule has 100 valence electrons. The van der Waals surface area contributed by atoms with Gasteiger partial charge in [0.05, 0.1) is 11.8 Å². The number of carboxylic acid groups (broad SMARTS) is 1. The molecule has 2 aromatic rings. The summed E-state index contributed by atoms with van der Waals surface area (Å²) in [4.78, 5) is 10.8. The van der Waals surface area contributed by atoms with E-state index in [1.165, 1.54) is 0 Å². The molecule has 0 unspecified atom stereocenters. The number of carbonyl (C=O) groups is 1. The van der Waals surface area contributed by atoms with Crippen molar-refractivity contribution in [2.45, 2.75) is 6.18 Å². The van der Waals surface area contributed by atoms with Crippen molar-refractivity contribution in [2.75, 3.05) is 0 Å². The highest BCUT2D eigenvalue weighted by atomic mass is 19.4. The Morgan fingerprint density at radius 3 is 2.58 bits per heavy atom. The van der Waals surface area contributed by atoms with Gasteiger partial charge in [0.2, 0.25) is 0 Å². The molecule has 0 amide bonds. The Hall–Kier alpha value is -2.38. The number of alkyl halides is 3. The van der Waals surface area contributed by atoms with E-state index in [4.69, 9.17) is 5.11 Å². The van der Waals surface area contributed by atoms with Gasteiger partial charge in [-0.1, -0.05) is 5.16 Å². The second-order valence-electron chi connectivity index (χ2n) is 3.56. The average Bonchev–Trinajstić information content (AvgIpc) is 2.75. The lowest BCUT2D eigenvalue weighted by atomic mass is 10.0. The largest absolute Gasteiger partial charge is 0.477 e. The normalized spacial score (nSPS) is 11.6. The Morgan fingerprint density at radius 2 is 2.00 bits per heavy atom. The minimum absolute atomic E-state index is 0.513. The maximum Gasteiger partial charge on any atom is 0.417 e. The predicted molar refractivity (Wildman–Crippen MR) is 53.9 cm³/mol. The Bertz CT molecular complexity index is 633. The van der Waals surface area contributed by atoms with Crippen LogP contribution in [0.5, 0.6) is 0 Å². The van der Waals surface area contributed by atoms with Gasteiger partial charge < -0.3 is 9.63 Å². The summed E-state index contributed by atoms with van der Waals surface area (Å²) >= 11 is 0. The number of aromatic nitrogens is 1. The first kappa shape index (κ1) is 13.1. The Balaban J connectivity index is 2.70. The van der Waals surface area contributed by atoms with Crippen LogP contribution in [-0.2, 0) is 6.18 Å². The number of carboxylic acids is 1. The molecule has 0 aliphatic heterocycles. The van der Waals surface area contributed by atoms with Crippen LogP contribution in [0.25, 0.3) is 11.3 Å². The summed E-state index contributed by atoms with van der Waals surface area (Å²) in [6.45, 7) is 0. The fourth-order valence-corrected chi connectivity index (χ4v) is 1.54. The van der Waals surface area contributed by atoms with Gasteiger partial charge in [0, 0.05) is 5.56 Å². The zero-order valence-electron chi connectivity index (χ0n) is 9.03. The molecule has 19 heavy (non-hydrogen) atoms. The number of hydrogen-bond acceptors (Lipinski definition) is 3. The maximum atomic E-state index is 13.1. The monoisotopic (exact) mass is 275 g/mol. The van der Waals surface area contributed by atoms with Crippen molar-refractivity contribution in [3.05, 3.63) is 41.3 Å². The quantitative estimate of drug-likeness (QED) is 0.855. The smallest absolute Gasteiger partial charge is 0.417 e. The van der Waals surface area contributed by atoms with Gasteiger partial charge in [-0.3, -0.25) is 0 Å². The average molecular weight is 275 g/mol. The summed E-state index contributed by atoms with van der Waals surface area (Å²) in [7, 11) is 0. The summed E-state index contributed by atoms with van der Waals surface area (Å²) < 4.78 is 55.9. The Kier molecular flexibility index (Phi) is 3.01. The molecule has 0 atom stereocenters. The molecule has 0 aliphatic rings. The number of benzene rings is 1. The maximum absolute atomic E-state index is 13.1. The van der Waals surface area contributed by atoms with Crippen LogP contribution in [0.15, 0.2) is 28.9 Å². The zero-order chi connectivity index (χ0) is 14.2. The number of halogens is 4. The second kappa shape index (κ2) is 4.38. The predicted octanol–water partition coefficient (Wildman–Crippen LogP) is 3.20. The molecule has 0 saturated heterocycles. The third-order valence-electron chi connectivity index (χ3n) is 2.33. The molecule has 0 spiro atoms. The molecular weight excluding hydrogens is 270 g/mol. The lowest BCUT2D eigenvalue weighted by Crippen LogP contribution is -2.08. The molecule has 1 N–H and O–H groups in total. The van der Waals surface area contributed by atoms with Crippen molar-refractivity contribution in [3.63, 3.8) is 0 Å². The number of rotatable bonds is 2. The molecule has 2 rings (SSSR count). The van der Waals surface area contributed by atoms with E-state index in [1.807, 2.05) is 0 Å². The first-order valence-corrected chi connectivity index (χ1v) is 4.86. The van der Waals surface area contributed by atoms with Gasteiger partial charge in [-0.25, -0.2) is 9.18 Å². The fraction of sp³-hybridized carbons (Fsp3) is 0.0909. The van der Waals surface area contributed by atoms with E-state index in [-0.39, 0.29) is 0 Å². The summed E-state index contributed by atoms with van der Waals surface area (Å²) in [6.07, 6.45) is -4.02. The van der Waals surface area contributed by atoms with E-state index in [2.05, 4.69) is 9.68 Å². The van der Waals surface area contributed by atoms with Gasteiger partial charge in [-0.15, -0.1) is 0 Å². The highest BCUT2D eigenvalue weighted by Gasteiger charge is 2.36. The van der Waals surface area contributed by atoms with Gasteiger partial charge in [-0.2, -0.15) is 13.2 Å². The molecule has 4 nitrogen and oxygen atoms in total. The molecule has 0 bridgehead atoms. The van der Waals surface area contributed by atoms with E-state index in [0.717, 1.165) is 6.20 Å². The molecule has 0 saturated carbocycles. The van der Waals surface area contributed by atoms with E-state index in [0.29, 0.717) is 18.2 Å². The van der Waals surface area contributed by atoms with E-state index in [9.17, 15) is 22.4 Å². The summed E-state index contributed by atoms with van der Waals surface area (Å²) in [5, 5.41) is 11.9.